The monoisotopic (exact) mass is 310 g/mol. The lowest BCUT2D eigenvalue weighted by Gasteiger charge is -2.05. The molecule has 1 N–H and O–H groups in total. The number of methoxy groups -OCH3 is 1. The molecular weight excluding hydrogens is 296 g/mol. The van der Waals surface area contributed by atoms with Crippen molar-refractivity contribution < 1.29 is 9.53 Å². The first kappa shape index (κ1) is 14.6. The summed E-state index contributed by atoms with van der Waals surface area (Å²) < 4.78 is 5.07. The van der Waals surface area contributed by atoms with E-state index in [2.05, 4.69) is 25.7 Å². The summed E-state index contributed by atoms with van der Waals surface area (Å²) in [6.45, 7) is -0.0237. The van der Waals surface area contributed by atoms with Crippen LogP contribution in [0.2, 0.25) is 0 Å². The molecule has 1 aromatic carbocycles. The van der Waals surface area contributed by atoms with Crippen molar-refractivity contribution in [2.24, 2.45) is 0 Å². The Morgan fingerprint density at radius 3 is 2.61 bits per heavy atom. The fourth-order valence-corrected chi connectivity index (χ4v) is 1.93. The van der Waals surface area contributed by atoms with E-state index in [1.807, 2.05) is 0 Å². The summed E-state index contributed by atoms with van der Waals surface area (Å²) in [5, 5.41) is 14.7. The fourth-order valence-electron chi connectivity index (χ4n) is 1.93. The van der Waals surface area contributed by atoms with Crippen LogP contribution in [-0.4, -0.2) is 38.2 Å². The largest absolute Gasteiger partial charge is 0.497 e. The predicted octanol–water partition coefficient (Wildman–Crippen LogP) is 1.38. The van der Waals surface area contributed by atoms with Crippen LogP contribution in [0.3, 0.4) is 0 Å². The summed E-state index contributed by atoms with van der Waals surface area (Å²) in [5.41, 5.74) is 1.46. The standard InChI is InChI=1S/C15H14N6O2/c1-23-13-4-2-12(3-5-13)17-14(22)10-21-19-15(18-20-21)11-6-8-16-9-7-11/h2-9H,10H2,1H3,(H,17,22). The highest BCUT2D eigenvalue weighted by Gasteiger charge is 2.09. The molecule has 0 saturated carbocycles. The van der Waals surface area contributed by atoms with E-state index in [1.165, 1.54) is 4.80 Å². The Hall–Kier alpha value is -3.29. The molecule has 0 bridgehead atoms. The SMILES string of the molecule is COc1ccc(NC(=O)Cn2nnc(-c3ccncc3)n2)cc1. The first-order valence-electron chi connectivity index (χ1n) is 6.87. The molecule has 0 saturated heterocycles. The van der Waals surface area contributed by atoms with E-state index in [0.29, 0.717) is 11.5 Å². The van der Waals surface area contributed by atoms with Gasteiger partial charge >= 0.3 is 0 Å². The molecule has 116 valence electrons. The number of pyridine rings is 1. The second-order valence-corrected chi connectivity index (χ2v) is 4.66. The number of carbonyl (C=O) groups is 1. The molecule has 0 aliphatic rings. The summed E-state index contributed by atoms with van der Waals surface area (Å²) in [4.78, 5) is 17.2. The van der Waals surface area contributed by atoms with Crippen LogP contribution in [0, 0.1) is 0 Å². The van der Waals surface area contributed by atoms with E-state index in [4.69, 9.17) is 4.74 Å². The summed E-state index contributed by atoms with van der Waals surface area (Å²) in [7, 11) is 1.59. The number of tetrazole rings is 1. The first-order valence-corrected chi connectivity index (χ1v) is 6.87. The molecule has 0 fully saturated rings. The molecule has 2 aromatic heterocycles. The maximum absolute atomic E-state index is 12.0. The van der Waals surface area contributed by atoms with E-state index >= 15 is 0 Å². The second kappa shape index (κ2) is 6.65. The molecule has 3 rings (SSSR count). The predicted molar refractivity (Wildman–Crippen MR) is 82.7 cm³/mol. The van der Waals surface area contributed by atoms with Crippen molar-refractivity contribution in [1.29, 1.82) is 0 Å². The van der Waals surface area contributed by atoms with Gasteiger partial charge in [-0.1, -0.05) is 0 Å². The van der Waals surface area contributed by atoms with Crippen molar-refractivity contribution in [3.05, 3.63) is 48.8 Å². The minimum Gasteiger partial charge on any atom is -0.497 e. The summed E-state index contributed by atoms with van der Waals surface area (Å²) in [5.74, 6) is 0.932. The van der Waals surface area contributed by atoms with Crippen LogP contribution in [0.1, 0.15) is 0 Å². The van der Waals surface area contributed by atoms with Gasteiger partial charge in [0.05, 0.1) is 7.11 Å². The average Bonchev–Trinajstić information content (AvgIpc) is 3.04. The van der Waals surface area contributed by atoms with Crippen molar-refractivity contribution in [3.8, 4) is 17.1 Å². The summed E-state index contributed by atoms with van der Waals surface area (Å²) in [6, 6.07) is 10.6. The van der Waals surface area contributed by atoms with E-state index < -0.39 is 0 Å². The smallest absolute Gasteiger partial charge is 0.248 e. The number of carbonyl (C=O) groups excluding carboxylic acids is 1. The van der Waals surface area contributed by atoms with E-state index in [1.54, 1.807) is 55.9 Å². The number of ether oxygens (including phenoxy) is 1. The van der Waals surface area contributed by atoms with Gasteiger partial charge in [-0.05, 0) is 41.6 Å². The molecule has 0 spiro atoms. The normalized spacial score (nSPS) is 10.3. The van der Waals surface area contributed by atoms with Crippen LogP contribution in [-0.2, 0) is 11.3 Å². The van der Waals surface area contributed by atoms with Gasteiger partial charge in [0.15, 0.2) is 0 Å². The minimum absolute atomic E-state index is 0.0237. The molecule has 8 nitrogen and oxygen atoms in total. The van der Waals surface area contributed by atoms with Crippen molar-refractivity contribution >= 4 is 11.6 Å². The fraction of sp³-hybridized carbons (Fsp3) is 0.133. The third-order valence-electron chi connectivity index (χ3n) is 3.05. The van der Waals surface area contributed by atoms with Gasteiger partial charge in [-0.3, -0.25) is 9.78 Å². The van der Waals surface area contributed by atoms with Crippen molar-refractivity contribution in [1.82, 2.24) is 25.2 Å². The summed E-state index contributed by atoms with van der Waals surface area (Å²) >= 11 is 0. The number of anilines is 1. The number of benzene rings is 1. The van der Waals surface area contributed by atoms with Crippen LogP contribution >= 0.6 is 0 Å². The molecule has 3 aromatic rings. The van der Waals surface area contributed by atoms with Crippen molar-refractivity contribution in [2.75, 3.05) is 12.4 Å². The van der Waals surface area contributed by atoms with Gasteiger partial charge < -0.3 is 10.1 Å². The van der Waals surface area contributed by atoms with Gasteiger partial charge in [0, 0.05) is 23.6 Å². The Labute approximate surface area is 132 Å². The van der Waals surface area contributed by atoms with Gasteiger partial charge in [0.2, 0.25) is 11.7 Å². The molecule has 0 aliphatic heterocycles. The lowest BCUT2D eigenvalue weighted by atomic mass is 10.3. The maximum Gasteiger partial charge on any atom is 0.248 e. The zero-order valence-corrected chi connectivity index (χ0v) is 12.4. The molecule has 0 atom stereocenters. The van der Waals surface area contributed by atoms with E-state index in [9.17, 15) is 4.79 Å². The molecule has 1 amide bonds. The lowest BCUT2D eigenvalue weighted by molar-refractivity contribution is -0.117. The van der Waals surface area contributed by atoms with Gasteiger partial charge in [0.1, 0.15) is 12.3 Å². The number of nitrogens with one attached hydrogen (secondary N) is 1. The number of hydrogen-bond acceptors (Lipinski definition) is 6. The Bertz CT molecular complexity index is 785. The molecule has 0 unspecified atom stereocenters. The minimum atomic E-state index is -0.242. The number of nitrogens with zero attached hydrogens (tertiary/aromatic N) is 5. The number of rotatable bonds is 5. The Balaban J connectivity index is 1.63. The van der Waals surface area contributed by atoms with Crippen LogP contribution in [0.15, 0.2) is 48.8 Å². The van der Waals surface area contributed by atoms with Crippen LogP contribution < -0.4 is 10.1 Å². The Morgan fingerprint density at radius 1 is 1.17 bits per heavy atom. The molecule has 0 aliphatic carbocycles. The Morgan fingerprint density at radius 2 is 1.91 bits per heavy atom. The highest BCUT2D eigenvalue weighted by Crippen LogP contribution is 2.15. The molecule has 8 heteroatoms. The second-order valence-electron chi connectivity index (χ2n) is 4.66. The molecule has 23 heavy (non-hydrogen) atoms. The zero-order valence-electron chi connectivity index (χ0n) is 12.4. The van der Waals surface area contributed by atoms with Gasteiger partial charge in [-0.25, -0.2) is 0 Å². The number of aromatic nitrogens is 5. The van der Waals surface area contributed by atoms with Crippen molar-refractivity contribution in [3.63, 3.8) is 0 Å². The summed E-state index contributed by atoms with van der Waals surface area (Å²) in [6.07, 6.45) is 3.29. The van der Waals surface area contributed by atoms with E-state index in [-0.39, 0.29) is 12.5 Å². The molecule has 0 radical (unpaired) electrons. The zero-order chi connectivity index (χ0) is 16.1. The van der Waals surface area contributed by atoms with Crippen LogP contribution in [0.25, 0.3) is 11.4 Å². The quantitative estimate of drug-likeness (QED) is 0.765. The molecule has 2 heterocycles. The average molecular weight is 310 g/mol. The van der Waals surface area contributed by atoms with Crippen LogP contribution in [0.5, 0.6) is 5.75 Å². The number of amides is 1. The van der Waals surface area contributed by atoms with Gasteiger partial charge in [-0.2, -0.15) is 4.80 Å². The first-order chi connectivity index (χ1) is 11.2. The van der Waals surface area contributed by atoms with Gasteiger partial charge in [0.25, 0.3) is 0 Å². The van der Waals surface area contributed by atoms with Crippen LogP contribution in [0.4, 0.5) is 5.69 Å². The topological polar surface area (TPSA) is 94.8 Å². The third-order valence-corrected chi connectivity index (χ3v) is 3.05. The highest BCUT2D eigenvalue weighted by molar-refractivity contribution is 5.90. The van der Waals surface area contributed by atoms with Gasteiger partial charge in [-0.15, -0.1) is 10.2 Å². The lowest BCUT2D eigenvalue weighted by Crippen LogP contribution is -2.20. The Kier molecular flexibility index (Phi) is 4.23. The van der Waals surface area contributed by atoms with Crippen molar-refractivity contribution in [2.45, 2.75) is 6.54 Å². The molecular formula is C15H14N6O2. The van der Waals surface area contributed by atoms with E-state index in [0.717, 1.165) is 11.3 Å². The third kappa shape index (κ3) is 3.67. The number of hydrogen-bond donors (Lipinski definition) is 1. The highest BCUT2D eigenvalue weighted by atomic mass is 16.5. The maximum atomic E-state index is 12.0.